The molecule has 0 atom stereocenters. The fraction of sp³-hybridized carbons (Fsp3) is 0.750. The largest absolute Gasteiger partial charge is 0.0914 e. The molecule has 8 heavy (non-hydrogen) atoms. The van der Waals surface area contributed by atoms with Gasteiger partial charge in [0.25, 0.3) is 0 Å². The average molecular weight is 112 g/mol. The number of hydrogen-bond donors (Lipinski definition) is 0. The molecule has 48 valence electrons. The molecular weight excluding hydrogens is 96.1 g/mol. The zero-order valence-electron chi connectivity index (χ0n) is 6.15. The van der Waals surface area contributed by atoms with Crippen molar-refractivity contribution in [1.82, 2.24) is 0 Å². The summed E-state index contributed by atoms with van der Waals surface area (Å²) in [6.45, 7) is 6.54. The monoisotopic (exact) mass is 112 g/mol. The lowest BCUT2D eigenvalue weighted by Gasteiger charge is -2.02. The highest BCUT2D eigenvalue weighted by molar-refractivity contribution is 4.83. The van der Waals surface area contributed by atoms with E-state index in [9.17, 15) is 0 Å². The molecule has 0 aliphatic carbocycles. The molecule has 0 aromatic heterocycles. The smallest absolute Gasteiger partial charge is 0.0239 e. The second-order valence-corrected chi connectivity index (χ2v) is 2.10. The van der Waals surface area contributed by atoms with Crippen molar-refractivity contribution in [3.8, 4) is 0 Å². The van der Waals surface area contributed by atoms with E-state index in [0.29, 0.717) is 0 Å². The van der Waals surface area contributed by atoms with E-state index < -0.39 is 0 Å². The predicted octanol–water partition coefficient (Wildman–Crippen LogP) is 3.00. The molecule has 0 bridgehead atoms. The van der Waals surface area contributed by atoms with Crippen molar-refractivity contribution in [2.75, 3.05) is 0 Å². The molecule has 0 nitrogen and oxygen atoms in total. The highest BCUT2D eigenvalue weighted by atomic mass is 14.0. The van der Waals surface area contributed by atoms with Crippen LogP contribution >= 0.6 is 0 Å². The van der Waals surface area contributed by atoms with Crippen molar-refractivity contribution in [3.63, 3.8) is 0 Å². The molecule has 0 saturated heterocycles. The van der Waals surface area contributed by atoms with Crippen molar-refractivity contribution in [2.24, 2.45) is 5.92 Å². The molecule has 0 unspecified atom stereocenters. The van der Waals surface area contributed by atoms with Crippen molar-refractivity contribution < 1.29 is 0 Å². The summed E-state index contributed by atoms with van der Waals surface area (Å²) in [5.41, 5.74) is 0. The highest BCUT2D eigenvalue weighted by Crippen LogP contribution is 2.07. The molecular formula is C8H16. The maximum atomic E-state index is 2.28. The summed E-state index contributed by atoms with van der Waals surface area (Å²) in [7, 11) is 0. The van der Waals surface area contributed by atoms with Crippen molar-refractivity contribution in [1.29, 1.82) is 0 Å². The van der Waals surface area contributed by atoms with Crippen LogP contribution in [-0.2, 0) is 0 Å². The fourth-order valence-corrected chi connectivity index (χ4v) is 0.833. The Balaban J connectivity index is 3.36. The van der Waals surface area contributed by atoms with E-state index in [2.05, 4.69) is 32.9 Å². The van der Waals surface area contributed by atoms with Gasteiger partial charge in [0.2, 0.25) is 0 Å². The molecule has 0 fully saturated rings. The standard InChI is InChI=1S/C8H16/c1-4-7-8(5-2)6-3/h4,7-8H,5-6H2,1-3H3/b7-4+. The molecule has 0 aromatic carbocycles. The summed E-state index contributed by atoms with van der Waals surface area (Å²) in [6.07, 6.45) is 6.97. The minimum Gasteiger partial charge on any atom is -0.0914 e. The SMILES string of the molecule is C/C=C/C(CC)CC. The normalized spacial score (nSPS) is 11.5. The third-order valence-electron chi connectivity index (χ3n) is 1.51. The first-order chi connectivity index (χ1) is 3.85. The van der Waals surface area contributed by atoms with Crippen LogP contribution in [0, 0.1) is 5.92 Å². The molecule has 0 aromatic rings. The molecule has 0 saturated carbocycles. The van der Waals surface area contributed by atoms with E-state index in [1.807, 2.05) is 0 Å². The van der Waals surface area contributed by atoms with Crippen LogP contribution in [0.5, 0.6) is 0 Å². The first-order valence-corrected chi connectivity index (χ1v) is 3.47. The Kier molecular flexibility index (Phi) is 4.73. The van der Waals surface area contributed by atoms with E-state index in [4.69, 9.17) is 0 Å². The van der Waals surface area contributed by atoms with Crippen LogP contribution in [0.3, 0.4) is 0 Å². The predicted molar refractivity (Wildman–Crippen MR) is 38.9 cm³/mol. The molecule has 0 radical (unpaired) electrons. The summed E-state index contributed by atoms with van der Waals surface area (Å²) in [5, 5.41) is 0. The van der Waals surface area contributed by atoms with E-state index in [1.165, 1.54) is 12.8 Å². The summed E-state index contributed by atoms with van der Waals surface area (Å²) < 4.78 is 0. The Hall–Kier alpha value is -0.260. The van der Waals surface area contributed by atoms with Gasteiger partial charge in [-0.2, -0.15) is 0 Å². The lowest BCUT2D eigenvalue weighted by molar-refractivity contribution is 0.605. The van der Waals surface area contributed by atoms with Gasteiger partial charge in [-0.05, 0) is 25.7 Å². The lowest BCUT2D eigenvalue weighted by atomic mass is 10.0. The van der Waals surface area contributed by atoms with Gasteiger partial charge in [-0.25, -0.2) is 0 Å². The second-order valence-electron chi connectivity index (χ2n) is 2.10. The minimum atomic E-state index is 0.819. The molecule has 0 aliphatic rings. The average Bonchev–Trinajstić information content (AvgIpc) is 1.83. The van der Waals surface area contributed by atoms with Crippen molar-refractivity contribution in [3.05, 3.63) is 12.2 Å². The summed E-state index contributed by atoms with van der Waals surface area (Å²) >= 11 is 0. The Morgan fingerprint density at radius 2 is 1.75 bits per heavy atom. The first kappa shape index (κ1) is 7.74. The Morgan fingerprint density at radius 3 is 1.88 bits per heavy atom. The van der Waals surface area contributed by atoms with Gasteiger partial charge in [0.05, 0.1) is 0 Å². The summed E-state index contributed by atoms with van der Waals surface area (Å²) in [5.74, 6) is 0.819. The zero-order chi connectivity index (χ0) is 6.41. The maximum absolute atomic E-state index is 2.28. The Morgan fingerprint density at radius 1 is 1.25 bits per heavy atom. The molecule has 0 N–H and O–H groups in total. The van der Waals surface area contributed by atoms with Crippen molar-refractivity contribution in [2.45, 2.75) is 33.6 Å². The van der Waals surface area contributed by atoms with E-state index >= 15 is 0 Å². The number of allylic oxidation sites excluding steroid dienone is 2. The van der Waals surface area contributed by atoms with E-state index in [0.717, 1.165) is 5.92 Å². The van der Waals surface area contributed by atoms with E-state index in [1.54, 1.807) is 0 Å². The fourth-order valence-electron chi connectivity index (χ4n) is 0.833. The lowest BCUT2D eigenvalue weighted by Crippen LogP contribution is -1.88. The van der Waals surface area contributed by atoms with Crippen LogP contribution in [0.4, 0.5) is 0 Å². The maximum Gasteiger partial charge on any atom is -0.0239 e. The number of rotatable bonds is 3. The molecule has 0 heteroatoms. The quantitative estimate of drug-likeness (QED) is 0.492. The van der Waals surface area contributed by atoms with Gasteiger partial charge in [0.15, 0.2) is 0 Å². The van der Waals surface area contributed by atoms with Crippen LogP contribution in [0.2, 0.25) is 0 Å². The molecule has 0 heterocycles. The second kappa shape index (κ2) is 4.89. The van der Waals surface area contributed by atoms with Gasteiger partial charge in [0, 0.05) is 0 Å². The molecule has 0 rings (SSSR count). The van der Waals surface area contributed by atoms with Crippen molar-refractivity contribution >= 4 is 0 Å². The highest BCUT2D eigenvalue weighted by Gasteiger charge is 1.93. The van der Waals surface area contributed by atoms with Crippen LogP contribution < -0.4 is 0 Å². The van der Waals surface area contributed by atoms with Crippen LogP contribution in [0.25, 0.3) is 0 Å². The summed E-state index contributed by atoms with van der Waals surface area (Å²) in [4.78, 5) is 0. The van der Waals surface area contributed by atoms with Gasteiger partial charge < -0.3 is 0 Å². The molecule has 0 aliphatic heterocycles. The van der Waals surface area contributed by atoms with Crippen LogP contribution in [0.15, 0.2) is 12.2 Å². The Labute approximate surface area is 52.6 Å². The zero-order valence-corrected chi connectivity index (χ0v) is 6.15. The minimum absolute atomic E-state index is 0.819. The van der Waals surface area contributed by atoms with Crippen LogP contribution in [0.1, 0.15) is 33.6 Å². The van der Waals surface area contributed by atoms with Gasteiger partial charge in [-0.1, -0.05) is 26.0 Å². The number of hydrogen-bond acceptors (Lipinski definition) is 0. The topological polar surface area (TPSA) is 0 Å². The molecule has 0 spiro atoms. The first-order valence-electron chi connectivity index (χ1n) is 3.47. The van der Waals surface area contributed by atoms with Gasteiger partial charge >= 0.3 is 0 Å². The van der Waals surface area contributed by atoms with Gasteiger partial charge in [-0.3, -0.25) is 0 Å². The third-order valence-corrected chi connectivity index (χ3v) is 1.51. The van der Waals surface area contributed by atoms with Crippen LogP contribution in [-0.4, -0.2) is 0 Å². The summed E-state index contributed by atoms with van der Waals surface area (Å²) in [6, 6.07) is 0. The molecule has 0 amide bonds. The third kappa shape index (κ3) is 2.84. The van der Waals surface area contributed by atoms with Gasteiger partial charge in [0.1, 0.15) is 0 Å². The van der Waals surface area contributed by atoms with E-state index in [-0.39, 0.29) is 0 Å². The van der Waals surface area contributed by atoms with Gasteiger partial charge in [-0.15, -0.1) is 0 Å². The Bertz CT molecular complexity index is 58.4.